The van der Waals surface area contributed by atoms with Crippen molar-refractivity contribution >= 4 is 22.6 Å². The molecule has 0 aliphatic heterocycles. The predicted octanol–water partition coefficient (Wildman–Crippen LogP) is 3.59. The van der Waals surface area contributed by atoms with E-state index < -0.39 is 0 Å². The van der Waals surface area contributed by atoms with E-state index in [1.807, 2.05) is 37.4 Å². The predicted molar refractivity (Wildman–Crippen MR) is 87.7 cm³/mol. The number of pyridine rings is 1. The molecule has 1 unspecified atom stereocenters. The van der Waals surface area contributed by atoms with E-state index in [1.54, 1.807) is 0 Å². The van der Waals surface area contributed by atoms with Crippen molar-refractivity contribution < 1.29 is 4.79 Å². The summed E-state index contributed by atoms with van der Waals surface area (Å²) in [7, 11) is 1.81. The van der Waals surface area contributed by atoms with Crippen LogP contribution in [0.2, 0.25) is 0 Å². The van der Waals surface area contributed by atoms with Crippen molar-refractivity contribution in [1.29, 1.82) is 0 Å². The van der Waals surface area contributed by atoms with Gasteiger partial charge in [0.2, 0.25) is 0 Å². The molecule has 0 aliphatic carbocycles. The van der Waals surface area contributed by atoms with Crippen LogP contribution in [0, 0.1) is 0 Å². The largest absolute Gasteiger partial charge is 0.373 e. The number of anilines is 1. The molecule has 0 bridgehead atoms. The molecule has 112 valence electrons. The maximum absolute atomic E-state index is 12.6. The standard InChI is InChI=1S/C17H23N3O/c1-4-8-12(5-2)19-17(21)14-11-16(18-3)20-15-10-7-6-9-13(14)15/h6-7,9-12H,4-5,8H2,1-3H3,(H,18,20)(H,19,21). The zero-order valence-corrected chi connectivity index (χ0v) is 12.9. The van der Waals surface area contributed by atoms with E-state index in [9.17, 15) is 4.79 Å². The third-order valence-corrected chi connectivity index (χ3v) is 3.68. The van der Waals surface area contributed by atoms with E-state index in [0.29, 0.717) is 11.4 Å². The summed E-state index contributed by atoms with van der Waals surface area (Å²) in [4.78, 5) is 17.1. The Morgan fingerprint density at radius 3 is 2.71 bits per heavy atom. The second-order valence-electron chi connectivity index (χ2n) is 5.19. The summed E-state index contributed by atoms with van der Waals surface area (Å²) < 4.78 is 0. The smallest absolute Gasteiger partial charge is 0.252 e. The Morgan fingerprint density at radius 1 is 1.29 bits per heavy atom. The zero-order valence-electron chi connectivity index (χ0n) is 12.9. The van der Waals surface area contributed by atoms with Crippen LogP contribution in [-0.4, -0.2) is 24.0 Å². The zero-order chi connectivity index (χ0) is 15.2. The maximum Gasteiger partial charge on any atom is 0.252 e. The number of fused-ring (bicyclic) bond motifs is 1. The van der Waals surface area contributed by atoms with Crippen molar-refractivity contribution in [1.82, 2.24) is 10.3 Å². The second kappa shape index (κ2) is 7.07. The van der Waals surface area contributed by atoms with Crippen LogP contribution >= 0.6 is 0 Å². The fourth-order valence-corrected chi connectivity index (χ4v) is 2.48. The molecule has 2 rings (SSSR count). The van der Waals surface area contributed by atoms with Gasteiger partial charge < -0.3 is 10.6 Å². The summed E-state index contributed by atoms with van der Waals surface area (Å²) >= 11 is 0. The monoisotopic (exact) mass is 285 g/mol. The third-order valence-electron chi connectivity index (χ3n) is 3.68. The van der Waals surface area contributed by atoms with Crippen molar-refractivity contribution in [2.75, 3.05) is 12.4 Å². The molecule has 0 saturated heterocycles. The van der Waals surface area contributed by atoms with E-state index in [2.05, 4.69) is 29.5 Å². The number of aromatic nitrogens is 1. The summed E-state index contributed by atoms with van der Waals surface area (Å²) in [6.07, 6.45) is 3.02. The van der Waals surface area contributed by atoms with Crippen molar-refractivity contribution in [2.24, 2.45) is 0 Å². The molecule has 2 N–H and O–H groups in total. The van der Waals surface area contributed by atoms with E-state index in [-0.39, 0.29) is 11.9 Å². The second-order valence-corrected chi connectivity index (χ2v) is 5.19. The number of carbonyl (C=O) groups excluding carboxylic acids is 1. The molecule has 0 spiro atoms. The third kappa shape index (κ3) is 3.51. The lowest BCUT2D eigenvalue weighted by atomic mass is 10.1. The molecule has 4 nitrogen and oxygen atoms in total. The lowest BCUT2D eigenvalue weighted by molar-refractivity contribution is 0.0935. The van der Waals surface area contributed by atoms with Gasteiger partial charge in [0.15, 0.2) is 0 Å². The SMILES string of the molecule is CCCC(CC)NC(=O)c1cc(NC)nc2ccccc12. The van der Waals surface area contributed by atoms with Crippen LogP contribution in [0.1, 0.15) is 43.5 Å². The molecule has 0 aliphatic rings. The minimum absolute atomic E-state index is 0.0228. The van der Waals surface area contributed by atoms with Crippen molar-refractivity contribution in [3.05, 3.63) is 35.9 Å². The molecule has 0 saturated carbocycles. The van der Waals surface area contributed by atoms with Crippen LogP contribution in [0.3, 0.4) is 0 Å². The minimum atomic E-state index is -0.0228. The van der Waals surface area contributed by atoms with Gasteiger partial charge in [-0.15, -0.1) is 0 Å². The van der Waals surface area contributed by atoms with Gasteiger partial charge in [-0.1, -0.05) is 38.5 Å². The van der Waals surface area contributed by atoms with Crippen LogP contribution in [0.4, 0.5) is 5.82 Å². The van der Waals surface area contributed by atoms with Gasteiger partial charge in [-0.25, -0.2) is 4.98 Å². The lowest BCUT2D eigenvalue weighted by Gasteiger charge is -2.17. The molecule has 0 radical (unpaired) electrons. The highest BCUT2D eigenvalue weighted by molar-refractivity contribution is 6.07. The van der Waals surface area contributed by atoms with Gasteiger partial charge in [-0.3, -0.25) is 4.79 Å². The molecule has 21 heavy (non-hydrogen) atoms. The Kier molecular flexibility index (Phi) is 5.14. The number of benzene rings is 1. The first kappa shape index (κ1) is 15.3. The topological polar surface area (TPSA) is 54.0 Å². The van der Waals surface area contributed by atoms with Crippen LogP contribution in [0.5, 0.6) is 0 Å². The highest BCUT2D eigenvalue weighted by Crippen LogP contribution is 2.21. The Morgan fingerprint density at radius 2 is 2.05 bits per heavy atom. The maximum atomic E-state index is 12.6. The van der Waals surface area contributed by atoms with Gasteiger partial charge in [0.1, 0.15) is 5.82 Å². The van der Waals surface area contributed by atoms with Gasteiger partial charge in [-0.2, -0.15) is 0 Å². The normalized spacial score (nSPS) is 12.1. The van der Waals surface area contributed by atoms with E-state index in [1.165, 1.54) is 0 Å². The first-order chi connectivity index (χ1) is 10.2. The summed E-state index contributed by atoms with van der Waals surface area (Å²) in [6, 6.07) is 9.78. The average Bonchev–Trinajstić information content (AvgIpc) is 2.53. The lowest BCUT2D eigenvalue weighted by Crippen LogP contribution is -2.34. The van der Waals surface area contributed by atoms with Crippen molar-refractivity contribution in [3.8, 4) is 0 Å². The van der Waals surface area contributed by atoms with E-state index in [0.717, 1.165) is 30.2 Å². The Bertz CT molecular complexity index is 624. The highest BCUT2D eigenvalue weighted by atomic mass is 16.1. The molecular formula is C17H23N3O. The van der Waals surface area contributed by atoms with Crippen LogP contribution in [-0.2, 0) is 0 Å². The fraction of sp³-hybridized carbons (Fsp3) is 0.412. The molecule has 4 heteroatoms. The summed E-state index contributed by atoms with van der Waals surface area (Å²) in [5, 5.41) is 7.04. The van der Waals surface area contributed by atoms with Gasteiger partial charge in [0, 0.05) is 18.5 Å². The molecule has 1 amide bonds. The number of nitrogens with zero attached hydrogens (tertiary/aromatic N) is 1. The van der Waals surface area contributed by atoms with Crippen LogP contribution in [0.25, 0.3) is 10.9 Å². The first-order valence-electron chi connectivity index (χ1n) is 7.58. The molecule has 1 heterocycles. The molecular weight excluding hydrogens is 262 g/mol. The highest BCUT2D eigenvalue weighted by Gasteiger charge is 2.15. The molecule has 0 fully saturated rings. The number of amides is 1. The molecule has 2 aromatic rings. The Balaban J connectivity index is 2.37. The number of nitrogens with one attached hydrogen (secondary N) is 2. The van der Waals surface area contributed by atoms with E-state index in [4.69, 9.17) is 0 Å². The van der Waals surface area contributed by atoms with Gasteiger partial charge in [0.25, 0.3) is 5.91 Å². The molecule has 1 aromatic carbocycles. The summed E-state index contributed by atoms with van der Waals surface area (Å²) in [6.45, 7) is 4.24. The average molecular weight is 285 g/mol. The fourth-order valence-electron chi connectivity index (χ4n) is 2.48. The molecule has 1 atom stereocenters. The number of hydrogen-bond acceptors (Lipinski definition) is 3. The number of hydrogen-bond donors (Lipinski definition) is 2. The quantitative estimate of drug-likeness (QED) is 0.853. The summed E-state index contributed by atoms with van der Waals surface area (Å²) in [5.74, 6) is 0.688. The van der Waals surface area contributed by atoms with Crippen molar-refractivity contribution in [3.63, 3.8) is 0 Å². The Labute approximate surface area is 126 Å². The van der Waals surface area contributed by atoms with E-state index >= 15 is 0 Å². The first-order valence-corrected chi connectivity index (χ1v) is 7.58. The number of carbonyl (C=O) groups is 1. The van der Waals surface area contributed by atoms with Gasteiger partial charge in [-0.05, 0) is 25.0 Å². The van der Waals surface area contributed by atoms with Crippen LogP contribution in [0.15, 0.2) is 30.3 Å². The number of para-hydroxylation sites is 1. The van der Waals surface area contributed by atoms with Crippen molar-refractivity contribution in [2.45, 2.75) is 39.2 Å². The van der Waals surface area contributed by atoms with Crippen LogP contribution < -0.4 is 10.6 Å². The molecule has 1 aromatic heterocycles. The van der Waals surface area contributed by atoms with Gasteiger partial charge in [0.05, 0.1) is 11.1 Å². The number of rotatable bonds is 6. The Hall–Kier alpha value is -2.10. The summed E-state index contributed by atoms with van der Waals surface area (Å²) in [5.41, 5.74) is 1.51. The van der Waals surface area contributed by atoms with Gasteiger partial charge >= 0.3 is 0 Å². The minimum Gasteiger partial charge on any atom is -0.373 e.